The first kappa shape index (κ1) is 33.5. The number of halogens is 1. The highest BCUT2D eigenvalue weighted by Gasteiger charge is 2.38. The van der Waals surface area contributed by atoms with Crippen LogP contribution in [0.25, 0.3) is 10.8 Å². The minimum atomic E-state index is -3.82. The lowest BCUT2D eigenvalue weighted by molar-refractivity contribution is 0.0388. The number of carbonyl (C=O) groups is 2. The van der Waals surface area contributed by atoms with Crippen LogP contribution < -0.4 is 15.4 Å². The monoisotopic (exact) mass is 666 g/mol. The number of hydrogen-bond donors (Lipinski definition) is 3. The van der Waals surface area contributed by atoms with Crippen LogP contribution >= 0.6 is 11.6 Å². The molecule has 1 heterocycles. The molecule has 12 heteroatoms. The summed E-state index contributed by atoms with van der Waals surface area (Å²) < 4.78 is 35.2. The van der Waals surface area contributed by atoms with Gasteiger partial charge in [0.1, 0.15) is 6.10 Å². The van der Waals surface area contributed by atoms with Crippen molar-refractivity contribution in [3.05, 3.63) is 89.5 Å². The van der Waals surface area contributed by atoms with Gasteiger partial charge in [-0.05, 0) is 42.5 Å². The molecule has 5 rings (SSSR count). The van der Waals surface area contributed by atoms with E-state index in [0.717, 1.165) is 10.8 Å². The maximum atomic E-state index is 13.8. The second kappa shape index (κ2) is 13.8. The van der Waals surface area contributed by atoms with E-state index in [0.29, 0.717) is 10.7 Å². The van der Waals surface area contributed by atoms with Crippen LogP contribution in [0.1, 0.15) is 31.1 Å². The second-order valence-electron chi connectivity index (χ2n) is 12.0. The molecule has 3 N–H and O–H groups in total. The van der Waals surface area contributed by atoms with Crippen molar-refractivity contribution in [1.29, 1.82) is 0 Å². The first-order valence-corrected chi connectivity index (χ1v) is 17.1. The van der Waals surface area contributed by atoms with Crippen LogP contribution in [0.15, 0.2) is 83.9 Å². The number of hydrogen-bond acceptors (Lipinski definition) is 6. The third-order valence-electron chi connectivity index (χ3n) is 8.58. The minimum Gasteiger partial charge on any atom is -0.486 e. The summed E-state index contributed by atoms with van der Waals surface area (Å²) in [4.78, 5) is 28.7. The van der Waals surface area contributed by atoms with E-state index >= 15 is 0 Å². The quantitative estimate of drug-likeness (QED) is 0.285. The molecule has 0 bridgehead atoms. The average molecular weight is 667 g/mol. The Morgan fingerprint density at radius 3 is 2.50 bits per heavy atom. The first-order valence-electron chi connectivity index (χ1n) is 15.2. The van der Waals surface area contributed by atoms with Crippen molar-refractivity contribution in [1.82, 2.24) is 9.21 Å². The lowest BCUT2D eigenvalue weighted by Gasteiger charge is -2.39. The number of aliphatic hydroxyl groups excluding tert-OH is 1. The molecule has 0 aromatic heterocycles. The van der Waals surface area contributed by atoms with Crippen molar-refractivity contribution in [2.75, 3.05) is 37.4 Å². The number of amides is 3. The van der Waals surface area contributed by atoms with Crippen LogP contribution in [0.4, 0.5) is 16.2 Å². The Bertz CT molecular complexity index is 1790. The van der Waals surface area contributed by atoms with Crippen LogP contribution in [-0.2, 0) is 10.0 Å². The number of urea groups is 1. The van der Waals surface area contributed by atoms with Gasteiger partial charge in [-0.3, -0.25) is 4.79 Å². The number of rotatable bonds is 8. The summed E-state index contributed by atoms with van der Waals surface area (Å²) >= 11 is 6.11. The van der Waals surface area contributed by atoms with E-state index in [2.05, 4.69) is 10.6 Å². The largest absolute Gasteiger partial charge is 0.486 e. The Balaban J connectivity index is 1.47. The number of nitrogens with one attached hydrogen (secondary N) is 2. The molecular formula is C34H39ClN4O6S. The normalized spacial score (nSPS) is 22.4. The van der Waals surface area contributed by atoms with E-state index in [1.54, 1.807) is 61.2 Å². The van der Waals surface area contributed by atoms with Crippen LogP contribution in [0.2, 0.25) is 0 Å². The van der Waals surface area contributed by atoms with Gasteiger partial charge < -0.3 is 25.4 Å². The van der Waals surface area contributed by atoms with Gasteiger partial charge in [-0.2, -0.15) is 0 Å². The number of fused-ring (bicyclic) bond motifs is 2. The molecule has 3 aromatic carbocycles. The molecule has 0 saturated carbocycles. The Morgan fingerprint density at radius 2 is 1.76 bits per heavy atom. The number of nitrogens with zero attached hydrogens (tertiary/aromatic N) is 2. The van der Waals surface area contributed by atoms with Crippen LogP contribution in [0, 0.1) is 11.8 Å². The van der Waals surface area contributed by atoms with E-state index in [4.69, 9.17) is 16.3 Å². The third-order valence-corrected chi connectivity index (χ3v) is 11.1. The molecule has 3 aromatic rings. The van der Waals surface area contributed by atoms with E-state index in [1.165, 1.54) is 11.4 Å². The molecule has 0 saturated heterocycles. The lowest BCUT2D eigenvalue weighted by Crippen LogP contribution is -2.51. The predicted octanol–water partition coefficient (Wildman–Crippen LogP) is 5.66. The standard InChI is InChI=1S/C34H39ClN4O6S/c1-21-17-25(35)15-16-31(21)46(43,44)38(4)19-30-22(2)18-39(23(3)20-40)33(41)27-12-8-14-29(32(27)45-30)37-34(42)36-28-13-7-10-24-9-5-6-11-26(24)28/h5-17,21-23,30-31,40H,18-20H2,1-4H3,(H2,36,37,42). The highest BCUT2D eigenvalue weighted by Crippen LogP contribution is 2.36. The zero-order chi connectivity index (χ0) is 33.2. The molecular weight excluding hydrogens is 628 g/mol. The summed E-state index contributed by atoms with van der Waals surface area (Å²) in [5.41, 5.74) is 1.04. The summed E-state index contributed by atoms with van der Waals surface area (Å²) in [5, 5.41) is 17.2. The topological polar surface area (TPSA) is 128 Å². The number of allylic oxidation sites excluding steroid dienone is 3. The number of aliphatic hydroxyl groups is 1. The van der Waals surface area contributed by atoms with Crippen molar-refractivity contribution in [2.45, 2.75) is 38.2 Å². The Morgan fingerprint density at radius 1 is 1.09 bits per heavy atom. The van der Waals surface area contributed by atoms with Crippen molar-refractivity contribution in [2.24, 2.45) is 11.8 Å². The molecule has 5 atom stereocenters. The highest BCUT2D eigenvalue weighted by molar-refractivity contribution is 7.89. The van der Waals surface area contributed by atoms with E-state index in [1.807, 2.05) is 43.3 Å². The molecule has 0 spiro atoms. The number of para-hydroxylation sites is 1. The molecule has 3 amide bonds. The smallest absolute Gasteiger partial charge is 0.323 e. The van der Waals surface area contributed by atoms with Crippen molar-refractivity contribution >= 4 is 55.7 Å². The fraction of sp³-hybridized carbons (Fsp3) is 0.353. The van der Waals surface area contributed by atoms with Gasteiger partial charge in [-0.15, -0.1) is 0 Å². The maximum absolute atomic E-state index is 13.8. The fourth-order valence-electron chi connectivity index (χ4n) is 5.87. The molecule has 5 unspecified atom stereocenters. The molecule has 1 aliphatic heterocycles. The van der Waals surface area contributed by atoms with Gasteiger partial charge in [-0.1, -0.05) is 80.1 Å². The van der Waals surface area contributed by atoms with Gasteiger partial charge in [0.25, 0.3) is 5.91 Å². The number of carbonyl (C=O) groups excluding carboxylic acids is 2. The minimum absolute atomic E-state index is 0.0243. The van der Waals surface area contributed by atoms with Gasteiger partial charge in [-0.25, -0.2) is 17.5 Å². The number of benzene rings is 3. The van der Waals surface area contributed by atoms with Crippen molar-refractivity contribution < 1.29 is 27.9 Å². The molecule has 0 fully saturated rings. The predicted molar refractivity (Wildman–Crippen MR) is 182 cm³/mol. The van der Waals surface area contributed by atoms with Gasteiger partial charge in [0.15, 0.2) is 5.75 Å². The van der Waals surface area contributed by atoms with Crippen molar-refractivity contribution in [3.8, 4) is 5.75 Å². The SMILES string of the molecule is CC1C=C(Cl)C=CC1S(=O)(=O)N(C)CC1Oc2c(NC(=O)Nc3cccc4ccccc34)cccc2C(=O)N(C(C)CO)CC1C. The third kappa shape index (κ3) is 6.92. The summed E-state index contributed by atoms with van der Waals surface area (Å²) in [6.45, 7) is 5.34. The second-order valence-corrected chi connectivity index (χ2v) is 14.6. The Hall–Kier alpha value is -3.90. The van der Waals surface area contributed by atoms with E-state index in [-0.39, 0.29) is 54.4 Å². The average Bonchev–Trinajstić information content (AvgIpc) is 3.02. The molecule has 0 radical (unpaired) electrons. The van der Waals surface area contributed by atoms with E-state index in [9.17, 15) is 23.1 Å². The molecule has 10 nitrogen and oxygen atoms in total. The van der Waals surface area contributed by atoms with Gasteiger partial charge in [0, 0.05) is 29.9 Å². The molecule has 46 heavy (non-hydrogen) atoms. The Kier molecular flexibility index (Phi) is 10.1. The summed E-state index contributed by atoms with van der Waals surface area (Å²) in [6.07, 6.45) is 4.18. The van der Waals surface area contributed by atoms with Crippen LogP contribution in [-0.4, -0.2) is 78.8 Å². The summed E-state index contributed by atoms with van der Waals surface area (Å²) in [6, 6.07) is 17.1. The summed E-state index contributed by atoms with van der Waals surface area (Å²) in [5.74, 6) is -0.935. The number of anilines is 2. The number of ether oxygens (including phenoxy) is 1. The summed E-state index contributed by atoms with van der Waals surface area (Å²) in [7, 11) is -2.31. The zero-order valence-corrected chi connectivity index (χ0v) is 27.8. The van der Waals surface area contributed by atoms with Gasteiger partial charge in [0.05, 0.1) is 41.4 Å². The zero-order valence-electron chi connectivity index (χ0n) is 26.2. The van der Waals surface area contributed by atoms with Crippen LogP contribution in [0.5, 0.6) is 5.75 Å². The van der Waals surface area contributed by atoms with Gasteiger partial charge in [0.2, 0.25) is 10.0 Å². The molecule has 244 valence electrons. The fourth-order valence-corrected chi connectivity index (χ4v) is 7.81. The number of likely N-dealkylation sites (N-methyl/N-ethyl adjacent to an activating group) is 1. The van der Waals surface area contributed by atoms with E-state index < -0.39 is 33.5 Å². The molecule has 1 aliphatic carbocycles. The van der Waals surface area contributed by atoms with Crippen LogP contribution in [0.3, 0.4) is 0 Å². The lowest BCUT2D eigenvalue weighted by atomic mass is 9.99. The molecule has 2 aliphatic rings. The van der Waals surface area contributed by atoms with Crippen molar-refractivity contribution in [3.63, 3.8) is 0 Å². The van der Waals surface area contributed by atoms with Gasteiger partial charge >= 0.3 is 6.03 Å². The Labute approximate surface area is 274 Å². The first-order chi connectivity index (χ1) is 21.9. The highest BCUT2D eigenvalue weighted by atomic mass is 35.5. The maximum Gasteiger partial charge on any atom is 0.323 e. The number of sulfonamides is 1.